The summed E-state index contributed by atoms with van der Waals surface area (Å²) in [5, 5.41) is 4.82. The van der Waals surface area contributed by atoms with Gasteiger partial charge in [-0.15, -0.1) is 11.3 Å². The third kappa shape index (κ3) is 2.65. The molecule has 0 saturated heterocycles. The maximum absolute atomic E-state index is 11.9. The molecule has 0 bridgehead atoms. The summed E-state index contributed by atoms with van der Waals surface area (Å²) in [5.41, 5.74) is 7.51. The number of rotatable bonds is 3. The lowest BCUT2D eigenvalue weighted by molar-refractivity contribution is 0.0944. The zero-order chi connectivity index (χ0) is 12.3. The Kier molecular flexibility index (Phi) is 3.44. The van der Waals surface area contributed by atoms with E-state index in [0.717, 1.165) is 5.56 Å². The van der Waals surface area contributed by atoms with E-state index in [1.165, 1.54) is 11.3 Å². The molecule has 0 aliphatic heterocycles. The number of hydrogen-bond donors (Lipinski definition) is 2. The number of amides is 1. The lowest BCUT2D eigenvalue weighted by Gasteiger charge is -2.15. The van der Waals surface area contributed by atoms with Gasteiger partial charge in [0, 0.05) is 5.69 Å². The summed E-state index contributed by atoms with van der Waals surface area (Å²) >= 11 is 1.43. The van der Waals surface area contributed by atoms with E-state index >= 15 is 0 Å². The molecule has 0 aliphatic carbocycles. The van der Waals surface area contributed by atoms with Crippen molar-refractivity contribution >= 4 is 22.9 Å². The van der Waals surface area contributed by atoms with Gasteiger partial charge < -0.3 is 11.1 Å². The lowest BCUT2D eigenvalue weighted by Crippen LogP contribution is -2.26. The van der Waals surface area contributed by atoms with Gasteiger partial charge in [-0.2, -0.15) is 0 Å². The van der Waals surface area contributed by atoms with Gasteiger partial charge in [-0.05, 0) is 30.0 Å². The van der Waals surface area contributed by atoms with Crippen LogP contribution in [0.25, 0.3) is 0 Å². The first-order valence-corrected chi connectivity index (χ1v) is 6.25. The third-order valence-electron chi connectivity index (χ3n) is 2.56. The highest BCUT2D eigenvalue weighted by molar-refractivity contribution is 7.12. The quantitative estimate of drug-likeness (QED) is 0.818. The number of thiophene rings is 1. The van der Waals surface area contributed by atoms with E-state index in [2.05, 4.69) is 5.32 Å². The molecule has 17 heavy (non-hydrogen) atoms. The van der Waals surface area contributed by atoms with Crippen LogP contribution >= 0.6 is 11.3 Å². The fourth-order valence-corrected chi connectivity index (χ4v) is 2.29. The van der Waals surface area contributed by atoms with E-state index in [1.807, 2.05) is 42.6 Å². The molecule has 3 N–H and O–H groups in total. The molecule has 0 spiro atoms. The van der Waals surface area contributed by atoms with Crippen molar-refractivity contribution in [2.45, 2.75) is 13.0 Å². The fourth-order valence-electron chi connectivity index (χ4n) is 1.66. The predicted molar refractivity (Wildman–Crippen MR) is 71.1 cm³/mol. The van der Waals surface area contributed by atoms with Crippen molar-refractivity contribution in [1.82, 2.24) is 5.32 Å². The van der Waals surface area contributed by atoms with Crippen LogP contribution in [0.3, 0.4) is 0 Å². The minimum atomic E-state index is -0.0919. The molecule has 0 saturated carbocycles. The van der Waals surface area contributed by atoms with Gasteiger partial charge in [0.2, 0.25) is 0 Å². The topological polar surface area (TPSA) is 55.1 Å². The van der Waals surface area contributed by atoms with Gasteiger partial charge in [-0.1, -0.05) is 24.3 Å². The van der Waals surface area contributed by atoms with Gasteiger partial charge in [0.1, 0.15) is 0 Å². The molecule has 1 aromatic heterocycles. The summed E-state index contributed by atoms with van der Waals surface area (Å²) in [6.07, 6.45) is 0. The van der Waals surface area contributed by atoms with E-state index in [9.17, 15) is 4.79 Å². The van der Waals surface area contributed by atoms with Gasteiger partial charge >= 0.3 is 0 Å². The SMILES string of the molecule is CC(NC(=O)c1cccs1)c1ccccc1N. The molecule has 0 aliphatic rings. The van der Waals surface area contributed by atoms with Crippen LogP contribution in [0.5, 0.6) is 0 Å². The normalized spacial score (nSPS) is 12.1. The van der Waals surface area contributed by atoms with Gasteiger partial charge in [-0.3, -0.25) is 4.79 Å². The minimum absolute atomic E-state index is 0.0595. The van der Waals surface area contributed by atoms with E-state index in [1.54, 1.807) is 6.07 Å². The number of nitrogens with two attached hydrogens (primary N) is 1. The predicted octanol–water partition coefficient (Wildman–Crippen LogP) is 2.82. The summed E-state index contributed by atoms with van der Waals surface area (Å²) in [6, 6.07) is 11.1. The van der Waals surface area contributed by atoms with Crippen LogP contribution < -0.4 is 11.1 Å². The molecule has 2 aromatic rings. The molecule has 1 atom stereocenters. The van der Waals surface area contributed by atoms with Crippen molar-refractivity contribution in [3.8, 4) is 0 Å². The average molecular weight is 246 g/mol. The van der Waals surface area contributed by atoms with Crippen molar-refractivity contribution in [2.75, 3.05) is 5.73 Å². The first-order valence-electron chi connectivity index (χ1n) is 5.37. The van der Waals surface area contributed by atoms with E-state index < -0.39 is 0 Å². The van der Waals surface area contributed by atoms with E-state index in [4.69, 9.17) is 5.73 Å². The molecule has 3 nitrogen and oxygen atoms in total. The van der Waals surface area contributed by atoms with Crippen LogP contribution in [0.15, 0.2) is 41.8 Å². The number of anilines is 1. The number of para-hydroxylation sites is 1. The number of hydrogen-bond acceptors (Lipinski definition) is 3. The molecule has 1 amide bonds. The smallest absolute Gasteiger partial charge is 0.261 e. The second-order valence-corrected chi connectivity index (χ2v) is 4.75. The van der Waals surface area contributed by atoms with Crippen molar-refractivity contribution in [1.29, 1.82) is 0 Å². The van der Waals surface area contributed by atoms with E-state index in [0.29, 0.717) is 10.6 Å². The second kappa shape index (κ2) is 5.01. The van der Waals surface area contributed by atoms with Crippen LogP contribution in [0.2, 0.25) is 0 Å². The van der Waals surface area contributed by atoms with Crippen molar-refractivity contribution in [3.05, 3.63) is 52.2 Å². The van der Waals surface area contributed by atoms with Gasteiger partial charge in [-0.25, -0.2) is 0 Å². The van der Waals surface area contributed by atoms with Crippen LogP contribution in [0.1, 0.15) is 28.2 Å². The van der Waals surface area contributed by atoms with Crippen molar-refractivity contribution < 1.29 is 4.79 Å². The molecule has 2 rings (SSSR count). The number of nitrogen functional groups attached to an aromatic ring is 1. The molecule has 0 radical (unpaired) electrons. The first kappa shape index (κ1) is 11.7. The maximum Gasteiger partial charge on any atom is 0.261 e. The monoisotopic (exact) mass is 246 g/mol. The Hall–Kier alpha value is -1.81. The largest absolute Gasteiger partial charge is 0.398 e. The average Bonchev–Trinajstić information content (AvgIpc) is 2.82. The number of carbonyl (C=O) groups is 1. The zero-order valence-corrected chi connectivity index (χ0v) is 10.3. The van der Waals surface area contributed by atoms with Crippen LogP contribution in [-0.4, -0.2) is 5.91 Å². The van der Waals surface area contributed by atoms with Crippen molar-refractivity contribution in [3.63, 3.8) is 0 Å². The van der Waals surface area contributed by atoms with Crippen LogP contribution in [-0.2, 0) is 0 Å². The van der Waals surface area contributed by atoms with Crippen molar-refractivity contribution in [2.24, 2.45) is 0 Å². The highest BCUT2D eigenvalue weighted by atomic mass is 32.1. The minimum Gasteiger partial charge on any atom is -0.398 e. The molecule has 88 valence electrons. The third-order valence-corrected chi connectivity index (χ3v) is 3.42. The molecular formula is C13H14N2OS. The summed E-state index contributed by atoms with van der Waals surface area (Å²) in [5.74, 6) is -0.0595. The van der Waals surface area contributed by atoms with Gasteiger partial charge in [0.25, 0.3) is 5.91 Å². The number of benzene rings is 1. The molecule has 4 heteroatoms. The summed E-state index contributed by atoms with van der Waals surface area (Å²) in [4.78, 5) is 12.6. The Morgan fingerprint density at radius 3 is 2.71 bits per heavy atom. The molecule has 0 fully saturated rings. The number of carbonyl (C=O) groups excluding carboxylic acids is 1. The standard InChI is InChI=1S/C13H14N2OS/c1-9(10-5-2-3-6-11(10)14)15-13(16)12-7-4-8-17-12/h2-9H,14H2,1H3,(H,15,16). The lowest BCUT2D eigenvalue weighted by atomic mass is 10.1. The summed E-state index contributed by atoms with van der Waals surface area (Å²) < 4.78 is 0. The second-order valence-electron chi connectivity index (χ2n) is 3.80. The Morgan fingerprint density at radius 2 is 2.06 bits per heavy atom. The molecule has 1 unspecified atom stereocenters. The number of nitrogens with one attached hydrogen (secondary N) is 1. The molecular weight excluding hydrogens is 232 g/mol. The summed E-state index contributed by atoms with van der Waals surface area (Å²) in [7, 11) is 0. The van der Waals surface area contributed by atoms with E-state index in [-0.39, 0.29) is 11.9 Å². The Balaban J connectivity index is 2.10. The highest BCUT2D eigenvalue weighted by Crippen LogP contribution is 2.20. The Labute approximate surface area is 104 Å². The Morgan fingerprint density at radius 1 is 1.29 bits per heavy atom. The maximum atomic E-state index is 11.9. The summed E-state index contributed by atoms with van der Waals surface area (Å²) in [6.45, 7) is 1.93. The van der Waals surface area contributed by atoms with Gasteiger partial charge in [0.05, 0.1) is 10.9 Å². The van der Waals surface area contributed by atoms with Gasteiger partial charge in [0.15, 0.2) is 0 Å². The first-order chi connectivity index (χ1) is 8.18. The Bertz CT molecular complexity index is 508. The van der Waals surface area contributed by atoms with Crippen LogP contribution in [0, 0.1) is 0 Å². The highest BCUT2D eigenvalue weighted by Gasteiger charge is 2.13. The fraction of sp³-hybridized carbons (Fsp3) is 0.154. The molecule has 1 heterocycles. The zero-order valence-electron chi connectivity index (χ0n) is 9.51. The van der Waals surface area contributed by atoms with Crippen LogP contribution in [0.4, 0.5) is 5.69 Å². The molecule has 1 aromatic carbocycles.